The van der Waals surface area contributed by atoms with Gasteiger partial charge in [-0.3, -0.25) is 10.6 Å². The molecule has 0 atom stereocenters. The summed E-state index contributed by atoms with van der Waals surface area (Å²) in [5.74, 6) is 7.31. The molecule has 0 fully saturated rings. The standard InChI is InChI=1S/C13H19ClN2O4S/c1-18-11-7-10(14)12(19-2)6-9(11)8-21-16(15)5-4-13(17)20-3/h6-7H,4-5,8,15H2,1-3H3. The molecule has 0 unspecified atom stereocenters. The molecule has 1 aromatic rings. The predicted octanol–water partition coefficient (Wildman–Crippen LogP) is 2.24. The van der Waals surface area contributed by atoms with Crippen molar-refractivity contribution in [3.8, 4) is 11.5 Å². The molecular formula is C13H19ClN2O4S. The zero-order valence-electron chi connectivity index (χ0n) is 12.2. The highest BCUT2D eigenvalue weighted by Crippen LogP contribution is 2.34. The molecule has 0 heterocycles. The lowest BCUT2D eigenvalue weighted by atomic mass is 10.2. The molecule has 0 aliphatic rings. The second-order valence-corrected chi connectivity index (χ2v) is 5.46. The van der Waals surface area contributed by atoms with Crippen LogP contribution in [0.1, 0.15) is 12.0 Å². The van der Waals surface area contributed by atoms with Gasteiger partial charge in [0.15, 0.2) is 0 Å². The molecule has 1 aromatic carbocycles. The Labute approximate surface area is 133 Å². The first-order valence-corrected chi connectivity index (χ1v) is 7.46. The lowest BCUT2D eigenvalue weighted by molar-refractivity contribution is -0.140. The summed E-state index contributed by atoms with van der Waals surface area (Å²) in [6, 6.07) is 3.51. The number of benzene rings is 1. The van der Waals surface area contributed by atoms with Crippen LogP contribution in [0.25, 0.3) is 0 Å². The number of ether oxygens (including phenoxy) is 3. The Kier molecular flexibility index (Phi) is 7.66. The van der Waals surface area contributed by atoms with Gasteiger partial charge >= 0.3 is 5.97 Å². The van der Waals surface area contributed by atoms with E-state index in [1.54, 1.807) is 20.3 Å². The maximum Gasteiger partial charge on any atom is 0.306 e. The van der Waals surface area contributed by atoms with Crippen molar-refractivity contribution in [3.05, 3.63) is 22.7 Å². The van der Waals surface area contributed by atoms with Gasteiger partial charge in [0, 0.05) is 23.9 Å². The van der Waals surface area contributed by atoms with Crippen LogP contribution in [0.4, 0.5) is 0 Å². The van der Waals surface area contributed by atoms with E-state index < -0.39 is 0 Å². The second kappa shape index (κ2) is 8.99. The minimum absolute atomic E-state index is 0.237. The van der Waals surface area contributed by atoms with Crippen LogP contribution in [-0.2, 0) is 15.3 Å². The lowest BCUT2D eigenvalue weighted by Gasteiger charge is -2.16. The molecule has 0 aliphatic carbocycles. The van der Waals surface area contributed by atoms with Crippen molar-refractivity contribution in [1.29, 1.82) is 0 Å². The van der Waals surface area contributed by atoms with Gasteiger partial charge in [0.25, 0.3) is 0 Å². The van der Waals surface area contributed by atoms with Crippen molar-refractivity contribution < 1.29 is 19.0 Å². The predicted molar refractivity (Wildman–Crippen MR) is 83.4 cm³/mol. The number of halogens is 1. The van der Waals surface area contributed by atoms with E-state index in [9.17, 15) is 4.79 Å². The third-order valence-corrected chi connectivity index (χ3v) is 3.95. The van der Waals surface area contributed by atoms with Crippen LogP contribution >= 0.6 is 23.5 Å². The van der Waals surface area contributed by atoms with Crippen LogP contribution in [0.2, 0.25) is 5.02 Å². The summed E-state index contributed by atoms with van der Waals surface area (Å²) in [6.07, 6.45) is 0.237. The minimum Gasteiger partial charge on any atom is -0.496 e. The van der Waals surface area contributed by atoms with Gasteiger partial charge in [0.05, 0.1) is 32.8 Å². The average Bonchev–Trinajstić information content (AvgIpc) is 2.50. The van der Waals surface area contributed by atoms with E-state index in [1.807, 2.05) is 6.07 Å². The molecule has 118 valence electrons. The first kappa shape index (κ1) is 17.9. The van der Waals surface area contributed by atoms with E-state index in [4.69, 9.17) is 26.9 Å². The number of hydrazine groups is 1. The molecule has 0 saturated carbocycles. The number of methoxy groups -OCH3 is 3. The molecule has 21 heavy (non-hydrogen) atoms. The highest BCUT2D eigenvalue weighted by molar-refractivity contribution is 7.96. The summed E-state index contributed by atoms with van der Waals surface area (Å²) < 4.78 is 16.5. The zero-order chi connectivity index (χ0) is 15.8. The molecule has 0 amide bonds. The quantitative estimate of drug-likeness (QED) is 0.338. The molecule has 0 spiro atoms. The minimum atomic E-state index is -0.295. The fourth-order valence-corrected chi connectivity index (χ4v) is 2.54. The fourth-order valence-electron chi connectivity index (χ4n) is 1.56. The maximum absolute atomic E-state index is 11.0. The summed E-state index contributed by atoms with van der Waals surface area (Å²) in [4.78, 5) is 11.0. The van der Waals surface area contributed by atoms with Gasteiger partial charge < -0.3 is 14.2 Å². The number of carbonyl (C=O) groups is 1. The van der Waals surface area contributed by atoms with Crippen LogP contribution in [0.15, 0.2) is 12.1 Å². The maximum atomic E-state index is 11.0. The van der Waals surface area contributed by atoms with E-state index in [2.05, 4.69) is 4.74 Å². The van der Waals surface area contributed by atoms with Gasteiger partial charge in [-0.05, 0) is 6.07 Å². The Balaban J connectivity index is 2.63. The Bertz CT molecular complexity index is 487. The van der Waals surface area contributed by atoms with Crippen LogP contribution in [-0.4, -0.2) is 38.3 Å². The van der Waals surface area contributed by atoms with Gasteiger partial charge in [-0.2, -0.15) is 4.41 Å². The third kappa shape index (κ3) is 5.62. The van der Waals surface area contributed by atoms with Crippen molar-refractivity contribution in [2.24, 2.45) is 5.84 Å². The monoisotopic (exact) mass is 334 g/mol. The van der Waals surface area contributed by atoms with E-state index in [0.29, 0.717) is 28.8 Å². The molecule has 1 rings (SSSR count). The van der Waals surface area contributed by atoms with E-state index in [0.717, 1.165) is 5.56 Å². The largest absolute Gasteiger partial charge is 0.496 e. The Morgan fingerprint density at radius 3 is 2.52 bits per heavy atom. The van der Waals surface area contributed by atoms with Gasteiger partial charge in [0.1, 0.15) is 11.5 Å². The number of rotatable bonds is 8. The van der Waals surface area contributed by atoms with E-state index >= 15 is 0 Å². The first-order chi connectivity index (χ1) is 10.0. The zero-order valence-corrected chi connectivity index (χ0v) is 13.8. The summed E-state index contributed by atoms with van der Waals surface area (Å²) in [7, 11) is 4.47. The van der Waals surface area contributed by atoms with Crippen molar-refractivity contribution in [1.82, 2.24) is 4.41 Å². The van der Waals surface area contributed by atoms with Crippen molar-refractivity contribution in [2.45, 2.75) is 12.2 Å². The normalized spacial score (nSPS) is 10.6. The number of hydrogen-bond acceptors (Lipinski definition) is 7. The van der Waals surface area contributed by atoms with Gasteiger partial charge in [-0.25, -0.2) is 0 Å². The molecule has 0 aromatic heterocycles. The number of nitrogens with two attached hydrogens (primary N) is 1. The smallest absolute Gasteiger partial charge is 0.306 e. The molecule has 0 saturated heterocycles. The number of carbonyl (C=O) groups excluding carboxylic acids is 1. The average molecular weight is 335 g/mol. The topological polar surface area (TPSA) is 74.0 Å². The van der Waals surface area contributed by atoms with Gasteiger partial charge in [-0.15, -0.1) is 0 Å². The first-order valence-electron chi connectivity index (χ1n) is 6.14. The Morgan fingerprint density at radius 1 is 1.29 bits per heavy atom. The summed E-state index contributed by atoms with van der Waals surface area (Å²) in [5.41, 5.74) is 0.900. The SMILES string of the molecule is COC(=O)CCN(N)SCc1cc(OC)c(Cl)cc1OC. The van der Waals surface area contributed by atoms with Crippen LogP contribution in [0.3, 0.4) is 0 Å². The summed E-state index contributed by atoms with van der Waals surface area (Å²) in [6.45, 7) is 0.393. The lowest BCUT2D eigenvalue weighted by Crippen LogP contribution is -2.26. The number of nitrogens with zero attached hydrogens (tertiary/aromatic N) is 1. The second-order valence-electron chi connectivity index (χ2n) is 4.04. The van der Waals surface area contributed by atoms with Crippen molar-refractivity contribution >= 4 is 29.5 Å². The van der Waals surface area contributed by atoms with Crippen LogP contribution in [0.5, 0.6) is 11.5 Å². The summed E-state index contributed by atoms with van der Waals surface area (Å²) >= 11 is 7.41. The molecule has 0 bridgehead atoms. The van der Waals surface area contributed by atoms with E-state index in [-0.39, 0.29) is 12.4 Å². The molecule has 8 heteroatoms. The third-order valence-electron chi connectivity index (χ3n) is 2.70. The number of esters is 1. The molecule has 2 N–H and O–H groups in total. The Hall–Kier alpha value is -1.15. The van der Waals surface area contributed by atoms with Gasteiger partial charge in [0.2, 0.25) is 0 Å². The Morgan fingerprint density at radius 2 is 1.95 bits per heavy atom. The van der Waals surface area contributed by atoms with Crippen LogP contribution in [0, 0.1) is 0 Å². The molecule has 0 radical (unpaired) electrons. The molecule has 6 nitrogen and oxygen atoms in total. The fraction of sp³-hybridized carbons (Fsp3) is 0.462. The van der Waals surface area contributed by atoms with Crippen molar-refractivity contribution in [3.63, 3.8) is 0 Å². The van der Waals surface area contributed by atoms with Crippen LogP contribution < -0.4 is 15.3 Å². The number of hydrogen-bond donors (Lipinski definition) is 1. The van der Waals surface area contributed by atoms with Crippen molar-refractivity contribution in [2.75, 3.05) is 27.9 Å². The van der Waals surface area contributed by atoms with Gasteiger partial charge in [-0.1, -0.05) is 23.5 Å². The van der Waals surface area contributed by atoms with E-state index in [1.165, 1.54) is 23.5 Å². The molecular weight excluding hydrogens is 316 g/mol. The summed E-state index contributed by atoms with van der Waals surface area (Å²) in [5, 5.41) is 0.485. The highest BCUT2D eigenvalue weighted by Gasteiger charge is 2.12. The highest BCUT2D eigenvalue weighted by atomic mass is 35.5. The molecule has 0 aliphatic heterocycles.